The highest BCUT2D eigenvalue weighted by molar-refractivity contribution is 5.78. The first kappa shape index (κ1) is 64.7. The van der Waals surface area contributed by atoms with E-state index in [1.165, 1.54) is 128 Å². The maximum absolute atomic E-state index is 11.7. The summed E-state index contributed by atoms with van der Waals surface area (Å²) in [5.41, 5.74) is 0. The van der Waals surface area contributed by atoms with E-state index in [1.807, 2.05) is 12.2 Å². The van der Waals surface area contributed by atoms with Gasteiger partial charge in [0.05, 0.1) is 63.9 Å². The van der Waals surface area contributed by atoms with Crippen LogP contribution >= 0.6 is 0 Å². The minimum absolute atomic E-state index is 0. The van der Waals surface area contributed by atoms with Gasteiger partial charge in [-0.15, -0.1) is 0 Å². The Morgan fingerprint density at radius 2 is 0.767 bits per heavy atom. The minimum Gasteiger partial charge on any atom is -0.394 e. The summed E-state index contributed by atoms with van der Waals surface area (Å²) in [4.78, 5) is 23.5. The molecule has 2 amide bonds. The molecular weight excluding hydrogens is 765 g/mol. The van der Waals surface area contributed by atoms with Crippen LogP contribution in [0.25, 0.3) is 0 Å². The van der Waals surface area contributed by atoms with E-state index >= 15 is 0 Å². The number of rotatable bonds is 42. The molecule has 0 aliphatic heterocycles. The van der Waals surface area contributed by atoms with Gasteiger partial charge in [-0.05, 0) is 25.7 Å². The quantitative estimate of drug-likeness (QED) is 0.0257. The van der Waals surface area contributed by atoms with E-state index in [9.17, 15) is 30.0 Å². The van der Waals surface area contributed by atoms with Crippen LogP contribution in [0.2, 0.25) is 0 Å². The first-order chi connectivity index (χ1) is 28.3. The third-order valence-corrected chi connectivity index (χ3v) is 9.86. The van der Waals surface area contributed by atoms with Gasteiger partial charge in [0, 0.05) is 14.2 Å². The maximum Gasteiger partial charge on any atom is 0.246 e. The Morgan fingerprint density at radius 3 is 1.03 bits per heavy atom. The highest BCUT2D eigenvalue weighted by Crippen LogP contribution is 2.14. The lowest BCUT2D eigenvalue weighted by molar-refractivity contribution is -0.128. The molecule has 0 heterocycles. The van der Waals surface area contributed by atoms with Gasteiger partial charge < -0.3 is 50.0 Å². The minimum atomic E-state index is -0.907. The molecule has 0 aromatic heterocycles. The molecule has 0 fully saturated rings. The van der Waals surface area contributed by atoms with Crippen molar-refractivity contribution < 1.29 is 49.0 Å². The molecule has 4 atom stereocenters. The molecule has 0 bridgehead atoms. The molecule has 0 rings (SSSR count). The Morgan fingerprint density at radius 1 is 0.483 bits per heavy atom. The van der Waals surface area contributed by atoms with Crippen molar-refractivity contribution in [2.75, 3.05) is 67.1 Å². The summed E-state index contributed by atoms with van der Waals surface area (Å²) in [6, 6.07) is -1.44. The molecule has 360 valence electrons. The monoisotopic (exact) mass is 863 g/mol. The topological polar surface area (TPSA) is 176 Å². The molecule has 0 saturated heterocycles. The van der Waals surface area contributed by atoms with Crippen molar-refractivity contribution in [1.29, 1.82) is 0 Å². The van der Waals surface area contributed by atoms with Crippen LogP contribution in [0.3, 0.4) is 0 Å². The van der Waals surface area contributed by atoms with Gasteiger partial charge in [0.2, 0.25) is 11.8 Å². The number of allylic oxidation sites excluding steroid dienone is 2. The van der Waals surface area contributed by atoms with Gasteiger partial charge in [0.25, 0.3) is 0 Å². The van der Waals surface area contributed by atoms with Gasteiger partial charge in [0.1, 0.15) is 13.2 Å². The molecule has 60 heavy (non-hydrogen) atoms. The molecule has 0 aliphatic rings. The van der Waals surface area contributed by atoms with Crippen molar-refractivity contribution in [3.8, 4) is 0 Å². The third-order valence-electron chi connectivity index (χ3n) is 9.86. The lowest BCUT2D eigenvalue weighted by Crippen LogP contribution is -2.46. The predicted octanol–water partition coefficient (Wildman–Crippen LogP) is 8.76. The zero-order valence-electron chi connectivity index (χ0n) is 37.5. The molecule has 0 aromatic carbocycles. The average molecular weight is 863 g/mol. The summed E-state index contributed by atoms with van der Waals surface area (Å²) in [5, 5.41) is 44.2. The van der Waals surface area contributed by atoms with E-state index in [-0.39, 0.29) is 53.1 Å². The highest BCUT2D eigenvalue weighted by Gasteiger charge is 2.19. The summed E-state index contributed by atoms with van der Waals surface area (Å²) in [7, 11) is 3.12. The number of unbranched alkanes of at least 4 members (excludes halogenated alkanes) is 22. The molecule has 12 heteroatoms. The number of nitrogens with one attached hydrogen (secondary N) is 2. The van der Waals surface area contributed by atoms with Gasteiger partial charge in [-0.2, -0.15) is 0 Å². The van der Waals surface area contributed by atoms with Gasteiger partial charge in [-0.25, -0.2) is 0 Å². The third kappa shape index (κ3) is 47.2. The van der Waals surface area contributed by atoms with Gasteiger partial charge >= 0.3 is 0 Å². The SMILES string of the molecule is C.C.CCCCCCCCCCCCC/C=C/[C@@H](O)[C@H](CO)NC(=O)COCCOC.CCCCCCCCCCCCC/C=C/[C@@H](O)[C@H](CO)NC(=O)COCCOC. The van der Waals surface area contributed by atoms with Crippen LogP contribution in [-0.4, -0.2) is 124 Å². The number of hydrogen-bond acceptors (Lipinski definition) is 10. The molecule has 12 nitrogen and oxygen atoms in total. The Kier molecular flexibility index (Phi) is 57.4. The Hall–Kier alpha value is -1.90. The van der Waals surface area contributed by atoms with E-state index in [0.29, 0.717) is 26.4 Å². The second-order valence-electron chi connectivity index (χ2n) is 15.3. The van der Waals surface area contributed by atoms with Crippen molar-refractivity contribution in [2.24, 2.45) is 0 Å². The maximum atomic E-state index is 11.7. The number of ether oxygens (including phenoxy) is 4. The lowest BCUT2D eigenvalue weighted by Gasteiger charge is -2.19. The number of aliphatic hydroxyl groups excluding tert-OH is 4. The largest absolute Gasteiger partial charge is 0.394 e. The summed E-state index contributed by atoms with van der Waals surface area (Å²) in [6.45, 7) is 5.11. The van der Waals surface area contributed by atoms with Crippen molar-refractivity contribution in [2.45, 2.75) is 207 Å². The number of carbonyl (C=O) groups is 2. The number of aliphatic hydroxyl groups is 4. The van der Waals surface area contributed by atoms with Crippen LogP contribution in [0.5, 0.6) is 0 Å². The molecule has 6 N–H and O–H groups in total. The summed E-state index contributed by atoms with van der Waals surface area (Å²) >= 11 is 0. The standard InChI is InChI=1S/2C23H45NO5.2CH4/c2*1-3-4-5-6-7-8-9-10-11-12-13-14-15-16-22(26)21(19-25)24-23(27)20-29-18-17-28-2;;/h2*15-16,21-22,25-26H,3-14,17-20H2,1-2H3,(H,24,27);2*1H4/b2*16-15+;;/t2*21-,22+;;/m00../s1. The van der Waals surface area contributed by atoms with E-state index in [1.54, 1.807) is 26.4 Å². The van der Waals surface area contributed by atoms with Gasteiger partial charge in [0.15, 0.2) is 0 Å². The summed E-state index contributed by atoms with van der Waals surface area (Å²) < 4.78 is 19.9. The van der Waals surface area contributed by atoms with Crippen molar-refractivity contribution in [1.82, 2.24) is 10.6 Å². The van der Waals surface area contributed by atoms with E-state index in [0.717, 1.165) is 25.7 Å². The van der Waals surface area contributed by atoms with Gasteiger partial charge in [-0.1, -0.05) is 181 Å². The highest BCUT2D eigenvalue weighted by atomic mass is 16.5. The van der Waals surface area contributed by atoms with Crippen molar-refractivity contribution >= 4 is 11.8 Å². The van der Waals surface area contributed by atoms with Crippen LogP contribution in [0, 0.1) is 0 Å². The molecule has 0 radical (unpaired) electrons. The van der Waals surface area contributed by atoms with Gasteiger partial charge in [-0.3, -0.25) is 9.59 Å². The summed E-state index contributed by atoms with van der Waals surface area (Å²) in [5.74, 6) is -0.726. The fraction of sp³-hybridized carbons (Fsp3) is 0.875. The van der Waals surface area contributed by atoms with Crippen molar-refractivity contribution in [3.63, 3.8) is 0 Å². The number of amides is 2. The molecule has 0 aliphatic carbocycles. The predicted molar refractivity (Wildman–Crippen MR) is 249 cm³/mol. The number of methoxy groups -OCH3 is 2. The Bertz CT molecular complexity index is 852. The van der Waals surface area contributed by atoms with Crippen LogP contribution in [0.4, 0.5) is 0 Å². The molecule has 0 spiro atoms. The normalized spacial score (nSPS) is 13.2. The van der Waals surface area contributed by atoms with Crippen LogP contribution in [0.15, 0.2) is 24.3 Å². The molecule has 0 saturated carbocycles. The van der Waals surface area contributed by atoms with Crippen molar-refractivity contribution in [3.05, 3.63) is 24.3 Å². The first-order valence-electron chi connectivity index (χ1n) is 22.9. The first-order valence-corrected chi connectivity index (χ1v) is 22.9. The summed E-state index contributed by atoms with van der Waals surface area (Å²) in [6.07, 6.45) is 36.0. The molecule has 0 unspecified atom stereocenters. The lowest BCUT2D eigenvalue weighted by atomic mass is 10.0. The van der Waals surface area contributed by atoms with Crippen LogP contribution < -0.4 is 10.6 Å². The zero-order valence-corrected chi connectivity index (χ0v) is 37.5. The molecular formula is C48H98N2O10. The second-order valence-corrected chi connectivity index (χ2v) is 15.3. The van der Waals surface area contributed by atoms with E-state index in [2.05, 4.69) is 24.5 Å². The Labute approximate surface area is 369 Å². The number of carbonyl (C=O) groups excluding carboxylic acids is 2. The average Bonchev–Trinajstić information content (AvgIpc) is 3.22. The fourth-order valence-electron chi connectivity index (χ4n) is 6.18. The van der Waals surface area contributed by atoms with E-state index < -0.39 is 24.3 Å². The van der Waals surface area contributed by atoms with E-state index in [4.69, 9.17) is 18.9 Å². The Balaban J connectivity index is -0.000000506. The zero-order chi connectivity index (χ0) is 43.2. The second kappa shape index (κ2) is 53.2. The van der Waals surface area contributed by atoms with Crippen LogP contribution in [-0.2, 0) is 28.5 Å². The smallest absolute Gasteiger partial charge is 0.246 e. The fourth-order valence-corrected chi connectivity index (χ4v) is 6.18. The number of hydrogen-bond donors (Lipinski definition) is 6. The van der Waals surface area contributed by atoms with Crippen LogP contribution in [0.1, 0.15) is 183 Å². The molecule has 0 aromatic rings.